The first-order valence-corrected chi connectivity index (χ1v) is 11.0. The molecule has 0 bridgehead atoms. The maximum Gasteiger partial charge on any atom is 0.407 e. The van der Waals surface area contributed by atoms with E-state index in [0.717, 1.165) is 11.8 Å². The predicted octanol–water partition coefficient (Wildman–Crippen LogP) is 1.56. The quantitative estimate of drug-likeness (QED) is 0.474. The van der Waals surface area contributed by atoms with Crippen molar-refractivity contribution in [3.05, 3.63) is 32.6 Å². The zero-order chi connectivity index (χ0) is 20.4. The first-order valence-electron chi connectivity index (χ1n) is 8.55. The third-order valence-electron chi connectivity index (χ3n) is 4.63. The van der Waals surface area contributed by atoms with Gasteiger partial charge >= 0.3 is 13.4 Å². The SMILES string of the molecule is CC(=O)SCCOP(=O)(OCC1(n2cc(C)c(=O)[nH]c2=O)CC1C)N(C)C. The summed E-state index contributed by atoms with van der Waals surface area (Å²) in [5.74, 6) is 0.487. The van der Waals surface area contributed by atoms with Gasteiger partial charge < -0.3 is 0 Å². The van der Waals surface area contributed by atoms with Crippen molar-refractivity contribution >= 4 is 24.6 Å². The maximum absolute atomic E-state index is 13.0. The molecule has 1 aliphatic carbocycles. The van der Waals surface area contributed by atoms with E-state index in [1.54, 1.807) is 21.0 Å². The Morgan fingerprint density at radius 2 is 2.07 bits per heavy atom. The van der Waals surface area contributed by atoms with Gasteiger partial charge in [0, 0.05) is 24.4 Å². The van der Waals surface area contributed by atoms with E-state index in [1.165, 1.54) is 22.4 Å². The third-order valence-corrected chi connectivity index (χ3v) is 7.35. The molecule has 1 fully saturated rings. The number of hydrogen-bond donors (Lipinski definition) is 1. The molecule has 0 aromatic carbocycles. The summed E-state index contributed by atoms with van der Waals surface area (Å²) in [5, 5.41) is -0.0437. The van der Waals surface area contributed by atoms with Crippen LogP contribution in [0.15, 0.2) is 15.8 Å². The Labute approximate surface area is 162 Å². The average molecular weight is 419 g/mol. The molecule has 1 saturated carbocycles. The molecule has 2 rings (SSSR count). The van der Waals surface area contributed by atoms with E-state index in [0.29, 0.717) is 17.7 Å². The highest BCUT2D eigenvalue weighted by atomic mass is 32.2. The molecule has 0 amide bonds. The molecule has 1 N–H and O–H groups in total. The molecule has 0 saturated heterocycles. The van der Waals surface area contributed by atoms with E-state index in [1.807, 2.05) is 6.92 Å². The molecule has 1 heterocycles. The second-order valence-corrected chi connectivity index (χ2v) is 10.4. The minimum absolute atomic E-state index is 0.00880. The van der Waals surface area contributed by atoms with Crippen LogP contribution in [0.2, 0.25) is 0 Å². The highest BCUT2D eigenvalue weighted by molar-refractivity contribution is 8.13. The van der Waals surface area contributed by atoms with Crippen LogP contribution in [0.25, 0.3) is 0 Å². The Morgan fingerprint density at radius 3 is 2.59 bits per heavy atom. The van der Waals surface area contributed by atoms with Gasteiger partial charge in [-0.1, -0.05) is 18.7 Å². The van der Waals surface area contributed by atoms with Gasteiger partial charge in [-0.2, -0.15) is 0 Å². The van der Waals surface area contributed by atoms with Crippen LogP contribution in [-0.4, -0.2) is 52.4 Å². The van der Waals surface area contributed by atoms with Crippen LogP contribution in [-0.2, 0) is 23.9 Å². The lowest BCUT2D eigenvalue weighted by Gasteiger charge is -2.27. The van der Waals surface area contributed by atoms with Crippen molar-refractivity contribution in [3.8, 4) is 0 Å². The van der Waals surface area contributed by atoms with Crippen molar-refractivity contribution in [2.45, 2.75) is 32.7 Å². The van der Waals surface area contributed by atoms with Crippen molar-refractivity contribution in [2.24, 2.45) is 5.92 Å². The Hall–Kier alpha value is -1.19. The lowest BCUT2D eigenvalue weighted by Crippen LogP contribution is -2.40. The molecular formula is C16H26N3O6PS. The van der Waals surface area contributed by atoms with Gasteiger partial charge in [-0.05, 0) is 33.4 Å². The topological polar surface area (TPSA) is 111 Å². The molecule has 1 aromatic heterocycles. The van der Waals surface area contributed by atoms with Crippen LogP contribution in [0.3, 0.4) is 0 Å². The molecule has 0 aliphatic heterocycles. The molecule has 1 aliphatic rings. The maximum atomic E-state index is 13.0. The fourth-order valence-corrected chi connectivity index (χ4v) is 4.60. The first-order chi connectivity index (χ1) is 12.5. The lowest BCUT2D eigenvalue weighted by molar-refractivity contribution is -0.109. The zero-order valence-electron chi connectivity index (χ0n) is 16.2. The van der Waals surface area contributed by atoms with Gasteiger partial charge in [0.25, 0.3) is 5.56 Å². The number of thioether (sulfide) groups is 1. The van der Waals surface area contributed by atoms with E-state index in [2.05, 4.69) is 4.98 Å². The number of rotatable bonds is 9. The van der Waals surface area contributed by atoms with Gasteiger partial charge in [0.2, 0.25) is 0 Å². The van der Waals surface area contributed by atoms with Crippen molar-refractivity contribution in [1.82, 2.24) is 14.2 Å². The van der Waals surface area contributed by atoms with E-state index in [-0.39, 0.29) is 24.2 Å². The number of hydrogen-bond acceptors (Lipinski definition) is 7. The molecule has 3 unspecified atom stereocenters. The molecule has 27 heavy (non-hydrogen) atoms. The zero-order valence-corrected chi connectivity index (χ0v) is 17.9. The van der Waals surface area contributed by atoms with Gasteiger partial charge in [0.15, 0.2) is 5.12 Å². The predicted molar refractivity (Wildman–Crippen MR) is 104 cm³/mol. The summed E-state index contributed by atoms with van der Waals surface area (Å²) in [5.41, 5.74) is -1.20. The average Bonchev–Trinajstić information content (AvgIpc) is 3.24. The summed E-state index contributed by atoms with van der Waals surface area (Å²) in [4.78, 5) is 37.2. The minimum Gasteiger partial charge on any atom is -0.296 e. The van der Waals surface area contributed by atoms with Crippen LogP contribution in [0.5, 0.6) is 0 Å². The highest BCUT2D eigenvalue weighted by Crippen LogP contribution is 2.56. The minimum atomic E-state index is -3.57. The van der Waals surface area contributed by atoms with Crippen LogP contribution in [0.1, 0.15) is 25.8 Å². The van der Waals surface area contributed by atoms with Crippen LogP contribution < -0.4 is 11.2 Å². The number of aryl methyl sites for hydroxylation is 1. The summed E-state index contributed by atoms with van der Waals surface area (Å²) >= 11 is 1.08. The molecule has 0 radical (unpaired) electrons. The molecular weight excluding hydrogens is 393 g/mol. The second kappa shape index (κ2) is 8.45. The summed E-state index contributed by atoms with van der Waals surface area (Å²) in [7, 11) is -0.407. The fourth-order valence-electron chi connectivity index (χ4n) is 2.78. The largest absolute Gasteiger partial charge is 0.407 e. The van der Waals surface area contributed by atoms with Gasteiger partial charge in [-0.15, -0.1) is 0 Å². The number of carbonyl (C=O) groups excluding carboxylic acids is 1. The normalized spacial score (nSPS) is 24.0. The fraction of sp³-hybridized carbons (Fsp3) is 0.688. The van der Waals surface area contributed by atoms with Gasteiger partial charge in [-0.25, -0.2) is 14.0 Å². The van der Waals surface area contributed by atoms with E-state index < -0.39 is 24.5 Å². The molecule has 152 valence electrons. The van der Waals surface area contributed by atoms with Crippen molar-refractivity contribution in [3.63, 3.8) is 0 Å². The number of aromatic nitrogens is 2. The second-order valence-electron chi connectivity index (χ2n) is 6.91. The summed E-state index contributed by atoms with van der Waals surface area (Å²) < 4.78 is 27.0. The van der Waals surface area contributed by atoms with Crippen LogP contribution >= 0.6 is 19.5 Å². The van der Waals surface area contributed by atoms with Crippen molar-refractivity contribution in [1.29, 1.82) is 0 Å². The Morgan fingerprint density at radius 1 is 1.44 bits per heavy atom. The monoisotopic (exact) mass is 419 g/mol. The van der Waals surface area contributed by atoms with Gasteiger partial charge in [0.1, 0.15) is 0 Å². The standard InChI is InChI=1S/C16H26N3O6PS/c1-11-9-19(15(22)17-14(11)21)16(8-12(16)2)10-25-26(23,18(4)5)24-6-7-27-13(3)20/h9,12H,6-8,10H2,1-5H3,(H,17,21,22). The summed E-state index contributed by atoms with van der Waals surface area (Å²) in [6.45, 7) is 5.14. The number of H-pyrrole nitrogens is 1. The lowest BCUT2D eigenvalue weighted by atomic mass is 10.2. The molecule has 0 spiro atoms. The van der Waals surface area contributed by atoms with Crippen molar-refractivity contribution in [2.75, 3.05) is 33.1 Å². The van der Waals surface area contributed by atoms with Crippen LogP contribution in [0.4, 0.5) is 0 Å². The highest BCUT2D eigenvalue weighted by Gasteiger charge is 2.55. The Balaban J connectivity index is 2.14. The number of nitrogens with one attached hydrogen (secondary N) is 1. The Kier molecular flexibility index (Phi) is 6.91. The first kappa shape index (κ1) is 22.1. The summed E-state index contributed by atoms with van der Waals surface area (Å²) in [6, 6.07) is 0. The summed E-state index contributed by atoms with van der Waals surface area (Å²) in [6.07, 6.45) is 2.17. The molecule has 1 aromatic rings. The van der Waals surface area contributed by atoms with Crippen molar-refractivity contribution < 1.29 is 18.4 Å². The Bertz CT molecular complexity index is 866. The molecule has 9 nitrogen and oxygen atoms in total. The van der Waals surface area contributed by atoms with Crippen LogP contribution in [0, 0.1) is 12.8 Å². The molecule has 3 atom stereocenters. The number of nitrogens with zero attached hydrogens (tertiary/aromatic N) is 2. The van der Waals surface area contributed by atoms with Gasteiger partial charge in [-0.3, -0.25) is 28.2 Å². The smallest absolute Gasteiger partial charge is 0.296 e. The van der Waals surface area contributed by atoms with E-state index >= 15 is 0 Å². The van der Waals surface area contributed by atoms with E-state index in [4.69, 9.17) is 9.05 Å². The van der Waals surface area contributed by atoms with E-state index in [9.17, 15) is 18.9 Å². The molecule has 11 heteroatoms. The van der Waals surface area contributed by atoms with Gasteiger partial charge in [0.05, 0.1) is 18.8 Å². The number of aromatic amines is 1. The number of carbonyl (C=O) groups is 1. The third kappa shape index (κ3) is 5.00.